The molecule has 0 saturated carbocycles. The van der Waals surface area contributed by atoms with Gasteiger partial charge in [-0.2, -0.15) is 5.26 Å². The van der Waals surface area contributed by atoms with Gasteiger partial charge >= 0.3 is 5.97 Å². The van der Waals surface area contributed by atoms with Crippen LogP contribution in [0, 0.1) is 16.7 Å². The van der Waals surface area contributed by atoms with Gasteiger partial charge in [0.15, 0.2) is 5.41 Å². The third kappa shape index (κ3) is 1.99. The Balaban J connectivity index is 2.68. The van der Waals surface area contributed by atoms with Gasteiger partial charge in [0.1, 0.15) is 0 Å². The summed E-state index contributed by atoms with van der Waals surface area (Å²) in [5.74, 6) is -0.447. The van der Waals surface area contributed by atoms with Crippen molar-refractivity contribution < 1.29 is 14.3 Å². The summed E-state index contributed by atoms with van der Waals surface area (Å²) in [5, 5.41) is 8.91. The highest BCUT2D eigenvalue weighted by Crippen LogP contribution is 2.29. The van der Waals surface area contributed by atoms with Crippen LogP contribution in [0.1, 0.15) is 19.8 Å². The minimum atomic E-state index is -1.05. The highest BCUT2D eigenvalue weighted by molar-refractivity contribution is 5.80. The van der Waals surface area contributed by atoms with Crippen molar-refractivity contribution in [1.29, 1.82) is 5.26 Å². The molecule has 1 aliphatic heterocycles. The van der Waals surface area contributed by atoms with E-state index in [9.17, 15) is 4.79 Å². The number of hydrogen-bond donors (Lipinski definition) is 0. The van der Waals surface area contributed by atoms with E-state index in [1.165, 1.54) is 0 Å². The zero-order valence-electron chi connectivity index (χ0n) is 7.71. The van der Waals surface area contributed by atoms with Crippen LogP contribution in [0.15, 0.2) is 0 Å². The second-order valence-corrected chi connectivity index (χ2v) is 3.07. The monoisotopic (exact) mass is 183 g/mol. The van der Waals surface area contributed by atoms with Crippen LogP contribution in [0.5, 0.6) is 0 Å². The molecular formula is C9H13NO3. The van der Waals surface area contributed by atoms with Crippen LogP contribution in [0.3, 0.4) is 0 Å². The Morgan fingerprint density at radius 2 is 2.54 bits per heavy atom. The van der Waals surface area contributed by atoms with Crippen molar-refractivity contribution in [2.75, 3.05) is 19.8 Å². The lowest BCUT2D eigenvalue weighted by Gasteiger charge is -2.27. The Labute approximate surface area is 77.4 Å². The molecular weight excluding hydrogens is 170 g/mol. The average Bonchev–Trinajstić information content (AvgIpc) is 2.19. The fraction of sp³-hybridized carbons (Fsp3) is 0.778. The van der Waals surface area contributed by atoms with E-state index >= 15 is 0 Å². The molecule has 0 amide bonds. The van der Waals surface area contributed by atoms with Crippen LogP contribution >= 0.6 is 0 Å². The molecule has 1 saturated heterocycles. The fourth-order valence-electron chi connectivity index (χ4n) is 1.36. The molecule has 0 spiro atoms. The van der Waals surface area contributed by atoms with Gasteiger partial charge in [-0.25, -0.2) is 0 Å². The zero-order valence-corrected chi connectivity index (χ0v) is 7.71. The second-order valence-electron chi connectivity index (χ2n) is 3.07. The minimum absolute atomic E-state index is 0.169. The Hall–Kier alpha value is -1.08. The molecule has 72 valence electrons. The third-order valence-electron chi connectivity index (χ3n) is 2.12. The molecule has 1 aliphatic rings. The maximum Gasteiger partial charge on any atom is 0.328 e. The molecule has 0 aliphatic carbocycles. The smallest absolute Gasteiger partial charge is 0.328 e. The first-order valence-electron chi connectivity index (χ1n) is 4.41. The van der Waals surface area contributed by atoms with Crippen LogP contribution in [0.25, 0.3) is 0 Å². The summed E-state index contributed by atoms with van der Waals surface area (Å²) in [7, 11) is 0. The van der Waals surface area contributed by atoms with E-state index in [0.717, 1.165) is 6.42 Å². The number of nitriles is 1. The van der Waals surface area contributed by atoms with E-state index in [1.807, 2.05) is 6.07 Å². The number of carbonyl (C=O) groups is 1. The topological polar surface area (TPSA) is 59.3 Å². The summed E-state index contributed by atoms with van der Waals surface area (Å²) in [6.45, 7) is 2.83. The summed E-state index contributed by atoms with van der Waals surface area (Å²) in [6.07, 6.45) is 1.29. The molecule has 0 N–H and O–H groups in total. The molecule has 4 heteroatoms. The zero-order chi connectivity index (χ0) is 9.73. The number of rotatable bonds is 2. The molecule has 0 aromatic heterocycles. The summed E-state index contributed by atoms with van der Waals surface area (Å²) < 4.78 is 9.95. The molecule has 4 nitrogen and oxygen atoms in total. The van der Waals surface area contributed by atoms with E-state index in [-0.39, 0.29) is 6.61 Å². The molecule has 0 bridgehead atoms. The van der Waals surface area contributed by atoms with Gasteiger partial charge in [-0.1, -0.05) is 0 Å². The quantitative estimate of drug-likeness (QED) is 0.596. The van der Waals surface area contributed by atoms with E-state index in [1.54, 1.807) is 6.92 Å². The Kier molecular flexibility index (Phi) is 3.26. The number of carbonyl (C=O) groups excluding carboxylic acids is 1. The van der Waals surface area contributed by atoms with Crippen LogP contribution in [-0.2, 0) is 14.3 Å². The van der Waals surface area contributed by atoms with Gasteiger partial charge in [0.25, 0.3) is 0 Å². The van der Waals surface area contributed by atoms with Gasteiger partial charge in [-0.15, -0.1) is 0 Å². The molecule has 1 rings (SSSR count). The van der Waals surface area contributed by atoms with Crippen molar-refractivity contribution >= 4 is 5.97 Å². The molecule has 1 atom stereocenters. The predicted molar refractivity (Wildman–Crippen MR) is 44.7 cm³/mol. The molecule has 0 aromatic rings. The summed E-state index contributed by atoms with van der Waals surface area (Å²) in [4.78, 5) is 11.4. The molecule has 0 radical (unpaired) electrons. The summed E-state index contributed by atoms with van der Waals surface area (Å²) in [6, 6.07) is 2.00. The van der Waals surface area contributed by atoms with E-state index in [4.69, 9.17) is 14.7 Å². The van der Waals surface area contributed by atoms with Crippen molar-refractivity contribution in [1.82, 2.24) is 0 Å². The first-order chi connectivity index (χ1) is 6.25. The Morgan fingerprint density at radius 1 is 1.77 bits per heavy atom. The van der Waals surface area contributed by atoms with Crippen molar-refractivity contribution in [2.24, 2.45) is 5.41 Å². The fourth-order valence-corrected chi connectivity index (χ4v) is 1.36. The van der Waals surface area contributed by atoms with Gasteiger partial charge in [-0.3, -0.25) is 4.79 Å². The van der Waals surface area contributed by atoms with Crippen molar-refractivity contribution in [3.63, 3.8) is 0 Å². The van der Waals surface area contributed by atoms with Crippen molar-refractivity contribution in [3.8, 4) is 6.07 Å². The standard InChI is InChI=1S/C9H13NO3/c1-2-13-8(11)9(6-10)4-3-5-12-7-9/h2-5,7H2,1H3/t9-/m1/s1. The second kappa shape index (κ2) is 4.24. The van der Waals surface area contributed by atoms with Gasteiger partial charge in [-0.05, 0) is 19.8 Å². The molecule has 0 unspecified atom stereocenters. The van der Waals surface area contributed by atoms with Gasteiger partial charge in [0.2, 0.25) is 0 Å². The van der Waals surface area contributed by atoms with Gasteiger partial charge < -0.3 is 9.47 Å². The van der Waals surface area contributed by atoms with E-state index in [2.05, 4.69) is 0 Å². The molecule has 1 fully saturated rings. The largest absolute Gasteiger partial charge is 0.465 e. The minimum Gasteiger partial charge on any atom is -0.465 e. The van der Waals surface area contributed by atoms with Gasteiger partial charge in [0, 0.05) is 6.61 Å². The van der Waals surface area contributed by atoms with E-state index in [0.29, 0.717) is 19.6 Å². The van der Waals surface area contributed by atoms with Gasteiger partial charge in [0.05, 0.1) is 19.3 Å². The highest BCUT2D eigenvalue weighted by atomic mass is 16.5. The SMILES string of the molecule is CCOC(=O)[C@@]1(C#N)CCCOC1. The lowest BCUT2D eigenvalue weighted by Crippen LogP contribution is -2.39. The lowest BCUT2D eigenvalue weighted by atomic mass is 9.84. The first-order valence-corrected chi connectivity index (χ1v) is 4.41. The molecule has 0 aromatic carbocycles. The van der Waals surface area contributed by atoms with Crippen LogP contribution in [0.2, 0.25) is 0 Å². The molecule has 13 heavy (non-hydrogen) atoms. The van der Waals surface area contributed by atoms with Crippen molar-refractivity contribution in [3.05, 3.63) is 0 Å². The maximum atomic E-state index is 11.4. The normalized spacial score (nSPS) is 27.7. The number of esters is 1. The predicted octanol–water partition coefficient (Wildman–Crippen LogP) is 0.870. The highest BCUT2D eigenvalue weighted by Gasteiger charge is 2.42. The first kappa shape index (κ1) is 10.0. The number of ether oxygens (including phenoxy) is 2. The van der Waals surface area contributed by atoms with Crippen molar-refractivity contribution in [2.45, 2.75) is 19.8 Å². The summed E-state index contributed by atoms with van der Waals surface area (Å²) in [5.41, 5.74) is -1.05. The lowest BCUT2D eigenvalue weighted by molar-refractivity contribution is -0.158. The van der Waals surface area contributed by atoms with Crippen LogP contribution in [0.4, 0.5) is 0 Å². The number of nitrogens with zero attached hydrogens (tertiary/aromatic N) is 1. The average molecular weight is 183 g/mol. The Morgan fingerprint density at radius 3 is 3.00 bits per heavy atom. The Bertz CT molecular complexity index is 226. The third-order valence-corrected chi connectivity index (χ3v) is 2.12. The van der Waals surface area contributed by atoms with Crippen LogP contribution in [-0.4, -0.2) is 25.8 Å². The van der Waals surface area contributed by atoms with Crippen LogP contribution < -0.4 is 0 Å². The van der Waals surface area contributed by atoms with E-state index < -0.39 is 11.4 Å². The molecule has 1 heterocycles. The maximum absolute atomic E-state index is 11.4. The number of hydrogen-bond acceptors (Lipinski definition) is 4. The summed E-state index contributed by atoms with van der Waals surface area (Å²) >= 11 is 0.